The molecule has 0 saturated heterocycles. The molecule has 0 aliphatic heterocycles. The SMILES string of the molecule is C[Si](/C(=C\c1ccccc1)c1ccccc1)(c1ccccc1)c1ccccc1. The van der Waals surface area contributed by atoms with Gasteiger partial charge in [-0.15, -0.1) is 0 Å². The molecule has 0 saturated carbocycles. The van der Waals surface area contributed by atoms with Crippen LogP contribution < -0.4 is 10.4 Å². The van der Waals surface area contributed by atoms with E-state index in [0.29, 0.717) is 0 Å². The van der Waals surface area contributed by atoms with Gasteiger partial charge in [0.1, 0.15) is 8.07 Å². The van der Waals surface area contributed by atoms with Crippen LogP contribution in [0.25, 0.3) is 11.3 Å². The summed E-state index contributed by atoms with van der Waals surface area (Å²) >= 11 is 0. The van der Waals surface area contributed by atoms with E-state index in [2.05, 4.69) is 134 Å². The van der Waals surface area contributed by atoms with Gasteiger partial charge >= 0.3 is 0 Å². The lowest BCUT2D eigenvalue weighted by Gasteiger charge is -2.32. The molecule has 0 atom stereocenters. The van der Waals surface area contributed by atoms with Crippen LogP contribution in [0.15, 0.2) is 121 Å². The fourth-order valence-corrected chi connectivity index (χ4v) is 7.74. The van der Waals surface area contributed by atoms with Crippen LogP contribution in [0.2, 0.25) is 6.55 Å². The monoisotopic (exact) mass is 376 g/mol. The van der Waals surface area contributed by atoms with Crippen LogP contribution >= 0.6 is 0 Å². The molecule has 4 aromatic rings. The second kappa shape index (κ2) is 8.24. The fourth-order valence-electron chi connectivity index (χ4n) is 3.87. The van der Waals surface area contributed by atoms with Crippen molar-refractivity contribution >= 4 is 29.7 Å². The molecule has 0 heterocycles. The van der Waals surface area contributed by atoms with Crippen LogP contribution in [0.4, 0.5) is 0 Å². The van der Waals surface area contributed by atoms with E-state index in [0.717, 1.165) is 0 Å². The molecule has 0 bridgehead atoms. The average Bonchev–Trinajstić information content (AvgIpc) is 2.79. The molecule has 136 valence electrons. The zero-order chi connectivity index (χ0) is 19.2. The Hall–Kier alpha value is -3.16. The lowest BCUT2D eigenvalue weighted by Crippen LogP contribution is -2.56. The topological polar surface area (TPSA) is 0 Å². The van der Waals surface area contributed by atoms with Crippen molar-refractivity contribution in [2.24, 2.45) is 0 Å². The van der Waals surface area contributed by atoms with Crippen LogP contribution in [-0.2, 0) is 0 Å². The minimum absolute atomic E-state index is 1.24. The molecule has 0 spiro atoms. The van der Waals surface area contributed by atoms with Gasteiger partial charge in [0.15, 0.2) is 0 Å². The summed E-state index contributed by atoms with van der Waals surface area (Å²) < 4.78 is 0. The Balaban J connectivity index is 2.01. The summed E-state index contributed by atoms with van der Waals surface area (Å²) in [6.07, 6.45) is 2.39. The maximum atomic E-state index is 2.47. The van der Waals surface area contributed by atoms with E-state index >= 15 is 0 Å². The standard InChI is InChI=1S/C27H24Si/c1-28(25-18-10-4-11-19-25,26-20-12-5-13-21-26)27(24-16-8-3-9-17-24)22-23-14-6-2-7-15-23/h2-22H,1H3/b27-22-. The van der Waals surface area contributed by atoms with Gasteiger partial charge in [-0.2, -0.15) is 0 Å². The van der Waals surface area contributed by atoms with E-state index in [4.69, 9.17) is 0 Å². The smallest absolute Gasteiger partial charge is 0.0624 e. The molecule has 0 aliphatic rings. The van der Waals surface area contributed by atoms with Crippen LogP contribution in [0, 0.1) is 0 Å². The average molecular weight is 377 g/mol. The third-order valence-electron chi connectivity index (χ3n) is 5.44. The molecule has 0 unspecified atom stereocenters. The van der Waals surface area contributed by atoms with E-state index in [9.17, 15) is 0 Å². The number of rotatable bonds is 5. The van der Waals surface area contributed by atoms with Crippen LogP contribution in [0.5, 0.6) is 0 Å². The predicted octanol–water partition coefficient (Wildman–Crippen LogP) is 5.66. The van der Waals surface area contributed by atoms with Gasteiger partial charge in [-0.3, -0.25) is 0 Å². The van der Waals surface area contributed by atoms with E-state index < -0.39 is 8.07 Å². The van der Waals surface area contributed by atoms with Crippen molar-refractivity contribution in [3.8, 4) is 0 Å². The van der Waals surface area contributed by atoms with Crippen LogP contribution in [0.3, 0.4) is 0 Å². The Labute approximate surface area is 168 Å². The summed E-state index contributed by atoms with van der Waals surface area (Å²) in [7, 11) is -2.19. The summed E-state index contributed by atoms with van der Waals surface area (Å²) in [5.74, 6) is 0. The number of hydrogen-bond donors (Lipinski definition) is 0. The Bertz CT molecular complexity index is 997. The third-order valence-corrected chi connectivity index (χ3v) is 9.92. The Morgan fingerprint density at radius 3 is 1.39 bits per heavy atom. The molecule has 28 heavy (non-hydrogen) atoms. The van der Waals surface area contributed by atoms with Crippen LogP contribution in [-0.4, -0.2) is 8.07 Å². The van der Waals surface area contributed by atoms with Crippen molar-refractivity contribution in [1.82, 2.24) is 0 Å². The quantitative estimate of drug-likeness (QED) is 0.311. The fraction of sp³-hybridized carbons (Fsp3) is 0.0370. The summed E-state index contributed by atoms with van der Waals surface area (Å²) in [6.45, 7) is 2.47. The lowest BCUT2D eigenvalue weighted by molar-refractivity contribution is 1.61. The van der Waals surface area contributed by atoms with Gasteiger partial charge in [-0.05, 0) is 26.7 Å². The number of benzene rings is 4. The highest BCUT2D eigenvalue weighted by Gasteiger charge is 2.36. The summed E-state index contributed by atoms with van der Waals surface area (Å²) in [5.41, 5.74) is 2.54. The molecule has 0 N–H and O–H groups in total. The second-order valence-corrected chi connectivity index (χ2v) is 11.1. The van der Waals surface area contributed by atoms with Crippen molar-refractivity contribution in [3.05, 3.63) is 132 Å². The van der Waals surface area contributed by atoms with E-state index in [1.165, 1.54) is 26.7 Å². The van der Waals surface area contributed by atoms with Crippen molar-refractivity contribution in [3.63, 3.8) is 0 Å². The Kier molecular flexibility index (Phi) is 5.36. The number of hydrogen-bond acceptors (Lipinski definition) is 0. The molecular formula is C27H24Si. The zero-order valence-corrected chi connectivity index (χ0v) is 17.1. The van der Waals surface area contributed by atoms with Crippen molar-refractivity contribution in [2.75, 3.05) is 0 Å². The minimum Gasteiger partial charge on any atom is -0.0624 e. The molecule has 0 aliphatic carbocycles. The van der Waals surface area contributed by atoms with Crippen molar-refractivity contribution in [1.29, 1.82) is 0 Å². The predicted molar refractivity (Wildman–Crippen MR) is 125 cm³/mol. The first-order chi connectivity index (χ1) is 13.8. The molecular weight excluding hydrogens is 352 g/mol. The van der Waals surface area contributed by atoms with E-state index in [1.807, 2.05) is 0 Å². The van der Waals surface area contributed by atoms with Crippen molar-refractivity contribution in [2.45, 2.75) is 6.55 Å². The normalized spacial score (nSPS) is 12.0. The van der Waals surface area contributed by atoms with Gasteiger partial charge < -0.3 is 0 Å². The summed E-state index contributed by atoms with van der Waals surface area (Å²) in [4.78, 5) is 0. The molecule has 0 fully saturated rings. The van der Waals surface area contributed by atoms with Gasteiger partial charge in [-0.25, -0.2) is 0 Å². The summed E-state index contributed by atoms with van der Waals surface area (Å²) in [6, 6.07) is 43.5. The second-order valence-electron chi connectivity index (χ2n) is 7.19. The highest BCUT2D eigenvalue weighted by Crippen LogP contribution is 2.28. The lowest BCUT2D eigenvalue weighted by atomic mass is 10.1. The van der Waals surface area contributed by atoms with Gasteiger partial charge in [0.2, 0.25) is 0 Å². The van der Waals surface area contributed by atoms with Gasteiger partial charge in [0, 0.05) is 0 Å². The first-order valence-electron chi connectivity index (χ1n) is 9.72. The van der Waals surface area contributed by atoms with Crippen LogP contribution in [0.1, 0.15) is 11.1 Å². The maximum absolute atomic E-state index is 2.47. The van der Waals surface area contributed by atoms with Crippen molar-refractivity contribution < 1.29 is 0 Å². The van der Waals surface area contributed by atoms with E-state index in [1.54, 1.807) is 0 Å². The molecule has 0 radical (unpaired) electrons. The Morgan fingerprint density at radius 1 is 0.536 bits per heavy atom. The first-order valence-corrected chi connectivity index (χ1v) is 12.2. The summed E-state index contributed by atoms with van der Waals surface area (Å²) in [5, 5.41) is 4.27. The van der Waals surface area contributed by atoms with Gasteiger partial charge in [0.25, 0.3) is 0 Å². The molecule has 4 rings (SSSR count). The maximum Gasteiger partial charge on any atom is 0.146 e. The molecule has 4 aromatic carbocycles. The highest BCUT2D eigenvalue weighted by atomic mass is 28.3. The highest BCUT2D eigenvalue weighted by molar-refractivity contribution is 7.14. The molecule has 1 heteroatoms. The molecule has 0 aromatic heterocycles. The minimum atomic E-state index is -2.19. The van der Waals surface area contributed by atoms with Gasteiger partial charge in [0.05, 0.1) is 0 Å². The zero-order valence-electron chi connectivity index (χ0n) is 16.1. The van der Waals surface area contributed by atoms with Gasteiger partial charge in [-0.1, -0.05) is 134 Å². The first kappa shape index (κ1) is 18.2. The Morgan fingerprint density at radius 2 is 0.929 bits per heavy atom. The third kappa shape index (κ3) is 3.62. The van der Waals surface area contributed by atoms with E-state index in [-0.39, 0.29) is 0 Å². The molecule has 0 amide bonds. The largest absolute Gasteiger partial charge is 0.146 e. The molecule has 0 nitrogen and oxygen atoms in total.